The molecule has 2 heterocycles. The minimum absolute atomic E-state index is 0.136. The van der Waals surface area contributed by atoms with Crippen molar-refractivity contribution in [1.82, 2.24) is 14.5 Å². The number of rotatable bonds is 8. The van der Waals surface area contributed by atoms with Gasteiger partial charge < -0.3 is 4.74 Å². The topological polar surface area (TPSA) is 80.8 Å². The first-order valence-corrected chi connectivity index (χ1v) is 11.6. The van der Waals surface area contributed by atoms with E-state index >= 15 is 0 Å². The maximum absolute atomic E-state index is 12.8. The van der Waals surface area contributed by atoms with Gasteiger partial charge in [0.15, 0.2) is 16.9 Å². The summed E-state index contributed by atoms with van der Waals surface area (Å²) in [6.07, 6.45) is 0. The molecule has 0 N–H and O–H groups in total. The van der Waals surface area contributed by atoms with Crippen LogP contribution in [0.15, 0.2) is 59.1 Å². The molecule has 6 nitrogen and oxygen atoms in total. The molecule has 8 heteroatoms. The van der Waals surface area contributed by atoms with Crippen LogP contribution in [0.4, 0.5) is 0 Å². The molecule has 2 aromatic carbocycles. The highest BCUT2D eigenvalue weighted by molar-refractivity contribution is 7.99. The first-order valence-electron chi connectivity index (χ1n) is 9.78. The fourth-order valence-corrected chi connectivity index (χ4v) is 4.99. The number of para-hydroxylation sites is 2. The van der Waals surface area contributed by atoms with Gasteiger partial charge in [0.25, 0.3) is 0 Å². The Bertz CT molecular complexity index is 1250. The van der Waals surface area contributed by atoms with E-state index in [0.717, 1.165) is 28.2 Å². The lowest BCUT2D eigenvalue weighted by Crippen LogP contribution is -2.13. The van der Waals surface area contributed by atoms with Crippen molar-refractivity contribution in [1.29, 1.82) is 5.26 Å². The number of aryl methyl sites for hydroxylation is 1. The second-order valence-electron chi connectivity index (χ2n) is 6.79. The highest BCUT2D eigenvalue weighted by atomic mass is 32.2. The zero-order valence-corrected chi connectivity index (χ0v) is 18.7. The summed E-state index contributed by atoms with van der Waals surface area (Å²) in [6, 6.07) is 17.7. The van der Waals surface area contributed by atoms with Crippen LogP contribution in [0.1, 0.15) is 23.5 Å². The lowest BCUT2D eigenvalue weighted by molar-refractivity contribution is -0.116. The molecular weight excluding hydrogens is 428 g/mol. The predicted octanol–water partition coefficient (Wildman–Crippen LogP) is 5.16. The summed E-state index contributed by atoms with van der Waals surface area (Å²) in [6.45, 7) is 4.41. The summed E-state index contributed by atoms with van der Waals surface area (Å²) in [4.78, 5) is 21.8. The molecular formula is C23H20N4O2S2. The number of fused-ring (bicyclic) bond motifs is 1. The van der Waals surface area contributed by atoms with Crippen LogP contribution in [0.5, 0.6) is 5.75 Å². The summed E-state index contributed by atoms with van der Waals surface area (Å²) in [5, 5.41) is 12.6. The van der Waals surface area contributed by atoms with E-state index in [-0.39, 0.29) is 11.5 Å². The van der Waals surface area contributed by atoms with Gasteiger partial charge in [-0.25, -0.2) is 9.97 Å². The van der Waals surface area contributed by atoms with E-state index in [1.165, 1.54) is 23.1 Å². The summed E-state index contributed by atoms with van der Waals surface area (Å²) in [5.74, 6) is -0.0886. The van der Waals surface area contributed by atoms with Crippen LogP contribution in [0.25, 0.3) is 16.7 Å². The van der Waals surface area contributed by atoms with Gasteiger partial charge in [-0.3, -0.25) is 9.36 Å². The zero-order chi connectivity index (χ0) is 21.8. The number of hydrogen-bond acceptors (Lipinski definition) is 7. The van der Waals surface area contributed by atoms with Crippen LogP contribution in [0.2, 0.25) is 0 Å². The lowest BCUT2D eigenvalue weighted by Gasteiger charge is -2.11. The number of aromatic nitrogens is 3. The second kappa shape index (κ2) is 9.33. The Hall–Kier alpha value is -3.15. The molecule has 0 bridgehead atoms. The largest absolute Gasteiger partial charge is 0.494 e. The van der Waals surface area contributed by atoms with Gasteiger partial charge in [-0.2, -0.15) is 5.26 Å². The highest BCUT2D eigenvalue weighted by Gasteiger charge is 2.24. The number of imidazole rings is 1. The minimum atomic E-state index is -0.852. The van der Waals surface area contributed by atoms with Gasteiger partial charge in [-0.1, -0.05) is 23.9 Å². The smallest absolute Gasteiger partial charge is 0.174 e. The van der Waals surface area contributed by atoms with Crippen molar-refractivity contribution < 1.29 is 9.53 Å². The van der Waals surface area contributed by atoms with E-state index < -0.39 is 5.92 Å². The van der Waals surface area contributed by atoms with Crippen LogP contribution in [0.3, 0.4) is 0 Å². The van der Waals surface area contributed by atoms with Crippen molar-refractivity contribution >= 4 is 39.9 Å². The molecule has 0 aliphatic carbocycles. The Kier molecular flexibility index (Phi) is 6.35. The van der Waals surface area contributed by atoms with Crippen molar-refractivity contribution in [2.75, 3.05) is 12.4 Å². The number of nitrogens with zero attached hydrogens (tertiary/aromatic N) is 4. The maximum atomic E-state index is 12.8. The Balaban J connectivity index is 1.62. The molecule has 4 rings (SSSR count). The van der Waals surface area contributed by atoms with Crippen molar-refractivity contribution in [3.05, 3.63) is 64.6 Å². The molecule has 31 heavy (non-hydrogen) atoms. The molecule has 0 fully saturated rings. The normalized spacial score (nSPS) is 11.9. The molecule has 0 radical (unpaired) electrons. The van der Waals surface area contributed by atoms with E-state index in [9.17, 15) is 10.1 Å². The van der Waals surface area contributed by atoms with Crippen LogP contribution in [-0.2, 0) is 4.79 Å². The molecule has 156 valence electrons. The molecule has 2 aromatic heterocycles. The average Bonchev–Trinajstić information content (AvgIpc) is 3.37. The molecule has 1 atom stereocenters. The van der Waals surface area contributed by atoms with Gasteiger partial charge in [-0.15, -0.1) is 11.3 Å². The first-order chi connectivity index (χ1) is 15.1. The van der Waals surface area contributed by atoms with Gasteiger partial charge in [0, 0.05) is 16.8 Å². The van der Waals surface area contributed by atoms with E-state index in [0.29, 0.717) is 16.8 Å². The number of nitriles is 1. The molecule has 0 amide bonds. The monoisotopic (exact) mass is 448 g/mol. The molecule has 0 spiro atoms. The summed E-state index contributed by atoms with van der Waals surface area (Å²) < 4.78 is 7.57. The zero-order valence-electron chi connectivity index (χ0n) is 17.1. The Morgan fingerprint density at radius 3 is 2.68 bits per heavy atom. The number of Topliss-reactive ketones (excluding diaryl/α,β-unsaturated/α-hetero) is 1. The SMILES string of the molecule is CCOc1ccc(-n2c(SCC(=O)[C@H](C#N)c3nc(C)cs3)nc3ccccc32)cc1. The summed E-state index contributed by atoms with van der Waals surface area (Å²) in [7, 11) is 0. The molecule has 0 aliphatic heterocycles. The third-order valence-corrected chi connectivity index (χ3v) is 6.60. The third-order valence-electron chi connectivity index (χ3n) is 4.61. The molecule has 0 saturated carbocycles. The van der Waals surface area contributed by atoms with Crippen LogP contribution < -0.4 is 4.74 Å². The minimum Gasteiger partial charge on any atom is -0.494 e. The molecule has 0 aliphatic rings. The van der Waals surface area contributed by atoms with Crippen LogP contribution in [0, 0.1) is 18.3 Å². The van der Waals surface area contributed by atoms with Crippen molar-refractivity contribution in [2.45, 2.75) is 24.9 Å². The summed E-state index contributed by atoms with van der Waals surface area (Å²) >= 11 is 2.68. The van der Waals surface area contributed by atoms with E-state index in [2.05, 4.69) is 11.1 Å². The quantitative estimate of drug-likeness (QED) is 0.347. The van der Waals surface area contributed by atoms with E-state index in [1.807, 2.05) is 72.3 Å². The number of thiazole rings is 1. The number of carbonyl (C=O) groups is 1. The summed E-state index contributed by atoms with van der Waals surface area (Å²) in [5.41, 5.74) is 3.55. The van der Waals surface area contributed by atoms with Gasteiger partial charge in [0.1, 0.15) is 10.8 Å². The molecule has 0 saturated heterocycles. The lowest BCUT2D eigenvalue weighted by atomic mass is 10.1. The van der Waals surface area contributed by atoms with Gasteiger partial charge >= 0.3 is 0 Å². The fraction of sp³-hybridized carbons (Fsp3) is 0.217. The number of carbonyl (C=O) groups excluding carboxylic acids is 1. The first kappa shape index (κ1) is 21.1. The van der Waals surface area contributed by atoms with Crippen molar-refractivity contribution in [3.63, 3.8) is 0 Å². The van der Waals surface area contributed by atoms with Gasteiger partial charge in [-0.05, 0) is 50.2 Å². The van der Waals surface area contributed by atoms with Crippen molar-refractivity contribution in [2.24, 2.45) is 0 Å². The Morgan fingerprint density at radius 1 is 1.23 bits per heavy atom. The van der Waals surface area contributed by atoms with Crippen LogP contribution in [-0.4, -0.2) is 32.7 Å². The Labute approximate surface area is 188 Å². The second-order valence-corrected chi connectivity index (χ2v) is 8.62. The average molecular weight is 449 g/mol. The number of ketones is 1. The number of thioether (sulfide) groups is 1. The number of hydrogen-bond donors (Lipinski definition) is 0. The van der Waals surface area contributed by atoms with Crippen LogP contribution >= 0.6 is 23.1 Å². The highest BCUT2D eigenvalue weighted by Crippen LogP contribution is 2.30. The van der Waals surface area contributed by atoms with Gasteiger partial charge in [0.05, 0.1) is 29.5 Å². The third kappa shape index (κ3) is 4.48. The predicted molar refractivity (Wildman–Crippen MR) is 123 cm³/mol. The fourth-order valence-electron chi connectivity index (χ4n) is 3.20. The Morgan fingerprint density at radius 2 is 2.00 bits per heavy atom. The molecule has 0 unspecified atom stereocenters. The van der Waals surface area contributed by atoms with Crippen molar-refractivity contribution in [3.8, 4) is 17.5 Å². The van der Waals surface area contributed by atoms with E-state index in [4.69, 9.17) is 9.72 Å². The van der Waals surface area contributed by atoms with E-state index in [1.54, 1.807) is 0 Å². The standard InChI is InChI=1S/C23H20N4O2S2/c1-3-29-17-10-8-16(9-11-17)27-20-7-5-4-6-19(20)26-23(27)31-14-21(28)18(12-24)22-25-15(2)13-30-22/h4-11,13,18H,3,14H2,1-2H3/t18-/m0/s1. The number of benzene rings is 2. The maximum Gasteiger partial charge on any atom is 0.174 e. The number of ether oxygens (including phenoxy) is 1. The van der Waals surface area contributed by atoms with Gasteiger partial charge in [0.2, 0.25) is 0 Å². The molecule has 4 aromatic rings.